The second-order valence-electron chi connectivity index (χ2n) is 5.81. The molecule has 2 nitrogen and oxygen atoms in total. The van der Waals surface area contributed by atoms with Crippen molar-refractivity contribution in [3.8, 4) is 0 Å². The Bertz CT molecular complexity index is 167. The van der Waals surface area contributed by atoms with Gasteiger partial charge in [-0.1, -0.05) is 48.5 Å². The highest BCUT2D eigenvalue weighted by Gasteiger charge is 2.44. The smallest absolute Gasteiger partial charge is 0.207 e. The van der Waals surface area contributed by atoms with Crippen LogP contribution in [0.3, 0.4) is 0 Å². The molecular weight excluding hydrogens is 200 g/mol. The third kappa shape index (κ3) is 4.25. The third-order valence-corrected chi connectivity index (χ3v) is 8.86. The van der Waals surface area contributed by atoms with E-state index in [1.54, 1.807) is 0 Å². The van der Waals surface area contributed by atoms with Crippen LogP contribution in [-0.4, -0.2) is 21.5 Å². The van der Waals surface area contributed by atoms with Gasteiger partial charge in [0.25, 0.3) is 0 Å². The van der Waals surface area contributed by atoms with Crippen LogP contribution in [0.5, 0.6) is 0 Å². The minimum atomic E-state index is -1.56. The lowest BCUT2D eigenvalue weighted by atomic mass is 10.2. The fourth-order valence-corrected chi connectivity index (χ4v) is 6.78. The highest BCUT2D eigenvalue weighted by molar-refractivity contribution is 6.78. The molecule has 0 aromatic heterocycles. The molecule has 0 saturated heterocycles. The molecule has 92 valence electrons. The molecule has 15 heavy (non-hydrogen) atoms. The summed E-state index contributed by atoms with van der Waals surface area (Å²) in [7, 11) is -1.56. The van der Waals surface area contributed by atoms with Gasteiger partial charge in [0.05, 0.1) is 0 Å². The van der Waals surface area contributed by atoms with Gasteiger partial charge >= 0.3 is 0 Å². The molecule has 0 aliphatic carbocycles. The molecule has 0 spiro atoms. The van der Waals surface area contributed by atoms with Crippen molar-refractivity contribution in [1.82, 2.24) is 9.96 Å². The van der Waals surface area contributed by atoms with Gasteiger partial charge in [-0.25, -0.2) is 0 Å². The molecule has 0 aromatic carbocycles. The van der Waals surface area contributed by atoms with Crippen molar-refractivity contribution in [3.05, 3.63) is 0 Å². The van der Waals surface area contributed by atoms with E-state index in [0.717, 1.165) is 19.0 Å². The average Bonchev–Trinajstić information content (AvgIpc) is 2.01. The molecular formula is C12H30N2Si. The Hall–Kier alpha value is 0.137. The van der Waals surface area contributed by atoms with E-state index in [9.17, 15) is 0 Å². The van der Waals surface area contributed by atoms with Crippen LogP contribution >= 0.6 is 0 Å². The zero-order valence-corrected chi connectivity index (χ0v) is 12.7. The molecule has 0 rings (SSSR count). The second-order valence-corrected chi connectivity index (χ2v) is 10.2. The molecule has 3 heteroatoms. The summed E-state index contributed by atoms with van der Waals surface area (Å²) in [5, 5.41) is 0.364. The summed E-state index contributed by atoms with van der Waals surface area (Å²) in [6, 6.07) is 1.30. The minimum absolute atomic E-state index is 0.364. The molecule has 2 N–H and O–H groups in total. The third-order valence-electron chi connectivity index (χ3n) is 2.95. The van der Waals surface area contributed by atoms with Crippen LogP contribution in [-0.2, 0) is 0 Å². The molecule has 0 fully saturated rings. The second kappa shape index (κ2) is 6.02. The van der Waals surface area contributed by atoms with Crippen molar-refractivity contribution in [2.75, 3.05) is 13.1 Å². The number of nitrogens with one attached hydrogen (secondary N) is 2. The van der Waals surface area contributed by atoms with E-state index < -0.39 is 8.40 Å². The summed E-state index contributed by atoms with van der Waals surface area (Å²) in [4.78, 5) is 7.59. The monoisotopic (exact) mass is 230 g/mol. The van der Waals surface area contributed by atoms with Gasteiger partial charge in [0.2, 0.25) is 8.40 Å². The lowest BCUT2D eigenvalue weighted by molar-refractivity contribution is 0.595. The predicted octanol–water partition coefficient (Wildman–Crippen LogP) is 3.10. The van der Waals surface area contributed by atoms with Gasteiger partial charge in [-0.15, -0.1) is 0 Å². The van der Waals surface area contributed by atoms with Crippen molar-refractivity contribution in [1.29, 1.82) is 0 Å². The standard InChI is InChI=1S/C12H30N2Si/c1-8-13-15(14-9-2,10-11(3)4)12(5,6)7/h11,13-14H,8-10H2,1-7H3. The zero-order valence-electron chi connectivity index (χ0n) is 11.7. The van der Waals surface area contributed by atoms with E-state index >= 15 is 0 Å². The van der Waals surface area contributed by atoms with Crippen LogP contribution in [0.1, 0.15) is 48.5 Å². The first kappa shape index (κ1) is 15.1. The van der Waals surface area contributed by atoms with Crippen LogP contribution in [0.25, 0.3) is 0 Å². The Labute approximate surface area is 97.4 Å². The maximum atomic E-state index is 3.80. The first-order valence-electron chi connectivity index (χ1n) is 6.29. The zero-order chi connectivity index (χ0) is 12.1. The summed E-state index contributed by atoms with van der Waals surface area (Å²) in [6.45, 7) is 18.3. The quantitative estimate of drug-likeness (QED) is 0.685. The van der Waals surface area contributed by atoms with Gasteiger partial charge in [0, 0.05) is 0 Å². The van der Waals surface area contributed by atoms with Gasteiger partial charge in [-0.2, -0.15) is 0 Å². The summed E-state index contributed by atoms with van der Waals surface area (Å²) in [5.41, 5.74) is 0. The van der Waals surface area contributed by atoms with E-state index in [1.165, 1.54) is 6.04 Å². The van der Waals surface area contributed by atoms with Gasteiger partial charge in [-0.3, -0.25) is 0 Å². The first-order valence-corrected chi connectivity index (χ1v) is 8.49. The highest BCUT2D eigenvalue weighted by atomic mass is 28.3. The molecule has 0 radical (unpaired) electrons. The van der Waals surface area contributed by atoms with Gasteiger partial charge in [0.1, 0.15) is 0 Å². The molecule has 0 aromatic rings. The summed E-state index contributed by atoms with van der Waals surface area (Å²) >= 11 is 0. The molecule has 0 unspecified atom stereocenters. The Balaban J connectivity index is 4.89. The average molecular weight is 230 g/mol. The SMILES string of the molecule is CCN[Si](CC(C)C)(NCC)C(C)(C)C. The molecule has 0 aliphatic heterocycles. The van der Waals surface area contributed by atoms with E-state index in [-0.39, 0.29) is 0 Å². The maximum Gasteiger partial charge on any atom is 0.207 e. The number of rotatable bonds is 6. The predicted molar refractivity (Wildman–Crippen MR) is 72.5 cm³/mol. The van der Waals surface area contributed by atoms with Crippen molar-refractivity contribution >= 4 is 8.40 Å². The molecule has 0 aliphatic rings. The summed E-state index contributed by atoms with van der Waals surface area (Å²) in [6.07, 6.45) is 0. The van der Waals surface area contributed by atoms with Gasteiger partial charge in [0.15, 0.2) is 0 Å². The first-order chi connectivity index (χ1) is 6.79. The molecule has 0 amide bonds. The van der Waals surface area contributed by atoms with Crippen molar-refractivity contribution in [2.45, 2.75) is 59.5 Å². The molecule has 0 bridgehead atoms. The van der Waals surface area contributed by atoms with E-state index in [0.29, 0.717) is 5.04 Å². The Morgan fingerprint density at radius 1 is 1.00 bits per heavy atom. The summed E-state index contributed by atoms with van der Waals surface area (Å²) < 4.78 is 0. The van der Waals surface area contributed by atoms with Crippen LogP contribution in [0.2, 0.25) is 11.1 Å². The lowest BCUT2D eigenvalue weighted by Crippen LogP contribution is -2.68. The van der Waals surface area contributed by atoms with Crippen molar-refractivity contribution in [3.63, 3.8) is 0 Å². The van der Waals surface area contributed by atoms with Crippen molar-refractivity contribution in [2.24, 2.45) is 5.92 Å². The maximum absolute atomic E-state index is 3.80. The number of hydrogen-bond acceptors (Lipinski definition) is 2. The molecule has 0 heterocycles. The lowest BCUT2D eigenvalue weighted by Gasteiger charge is -2.44. The molecule has 0 saturated carbocycles. The Morgan fingerprint density at radius 3 is 1.60 bits per heavy atom. The fraction of sp³-hybridized carbons (Fsp3) is 1.00. The minimum Gasteiger partial charge on any atom is -0.325 e. The van der Waals surface area contributed by atoms with E-state index in [4.69, 9.17) is 0 Å². The van der Waals surface area contributed by atoms with Crippen LogP contribution in [0.4, 0.5) is 0 Å². The van der Waals surface area contributed by atoms with Gasteiger partial charge in [-0.05, 0) is 30.1 Å². The van der Waals surface area contributed by atoms with Gasteiger partial charge < -0.3 is 9.96 Å². The van der Waals surface area contributed by atoms with E-state index in [1.807, 2.05) is 0 Å². The molecule has 0 atom stereocenters. The summed E-state index contributed by atoms with van der Waals surface area (Å²) in [5.74, 6) is 0.758. The topological polar surface area (TPSA) is 24.1 Å². The van der Waals surface area contributed by atoms with E-state index in [2.05, 4.69) is 58.4 Å². The van der Waals surface area contributed by atoms with Crippen molar-refractivity contribution < 1.29 is 0 Å². The Morgan fingerprint density at radius 2 is 1.40 bits per heavy atom. The van der Waals surface area contributed by atoms with Crippen LogP contribution < -0.4 is 9.96 Å². The largest absolute Gasteiger partial charge is 0.325 e. The van der Waals surface area contributed by atoms with Crippen LogP contribution in [0.15, 0.2) is 0 Å². The fourth-order valence-electron chi connectivity index (χ4n) is 2.26. The highest BCUT2D eigenvalue weighted by Crippen LogP contribution is 2.36. The van der Waals surface area contributed by atoms with Crippen LogP contribution in [0, 0.1) is 5.92 Å². The normalized spacial score (nSPS) is 13.6. The number of hydrogen-bond donors (Lipinski definition) is 2. The Kier molecular flexibility index (Phi) is 6.07.